The Kier molecular flexibility index (Phi) is 7.76. The van der Waals surface area contributed by atoms with Gasteiger partial charge in [0.2, 0.25) is 5.91 Å². The summed E-state index contributed by atoms with van der Waals surface area (Å²) in [7, 11) is 1.66. The van der Waals surface area contributed by atoms with Gasteiger partial charge in [-0.2, -0.15) is 0 Å². The van der Waals surface area contributed by atoms with E-state index in [9.17, 15) is 4.79 Å². The first-order chi connectivity index (χ1) is 17.7. The summed E-state index contributed by atoms with van der Waals surface area (Å²) in [6.45, 7) is 6.34. The van der Waals surface area contributed by atoms with E-state index in [1.54, 1.807) is 7.11 Å². The van der Waals surface area contributed by atoms with E-state index in [4.69, 9.17) is 4.74 Å². The van der Waals surface area contributed by atoms with Crippen molar-refractivity contribution < 1.29 is 9.53 Å². The number of benzene rings is 2. The molecule has 36 heavy (non-hydrogen) atoms. The van der Waals surface area contributed by atoms with Crippen molar-refractivity contribution in [2.75, 3.05) is 57.8 Å². The Bertz CT molecular complexity index is 1100. The lowest BCUT2D eigenvalue weighted by Gasteiger charge is -2.38. The molecule has 3 aromatic rings. The number of hydrogen-bond acceptors (Lipinski definition) is 6. The maximum Gasteiger partial charge on any atom is 0.225 e. The van der Waals surface area contributed by atoms with E-state index >= 15 is 0 Å². The predicted molar refractivity (Wildman–Crippen MR) is 142 cm³/mol. The fraction of sp³-hybridized carbons (Fsp3) is 0.414. The van der Waals surface area contributed by atoms with E-state index in [-0.39, 0.29) is 5.92 Å². The molecule has 188 valence electrons. The number of amides is 1. The Morgan fingerprint density at radius 2 is 1.58 bits per heavy atom. The van der Waals surface area contributed by atoms with Gasteiger partial charge in [-0.15, -0.1) is 10.2 Å². The average Bonchev–Trinajstić information content (AvgIpc) is 2.97. The van der Waals surface area contributed by atoms with Crippen molar-refractivity contribution in [3.05, 3.63) is 72.3 Å². The summed E-state index contributed by atoms with van der Waals surface area (Å²) in [5.74, 6) is 2.15. The topological polar surface area (TPSA) is 61.8 Å². The minimum absolute atomic E-state index is 0.114. The molecule has 2 saturated heterocycles. The van der Waals surface area contributed by atoms with E-state index in [1.807, 2.05) is 36.4 Å². The molecule has 2 aromatic carbocycles. The van der Waals surface area contributed by atoms with Crippen molar-refractivity contribution in [2.45, 2.75) is 19.3 Å². The van der Waals surface area contributed by atoms with Crippen LogP contribution in [0.4, 0.5) is 5.82 Å². The summed E-state index contributed by atoms with van der Waals surface area (Å²) < 4.78 is 5.23. The zero-order valence-electron chi connectivity index (χ0n) is 21.1. The van der Waals surface area contributed by atoms with E-state index < -0.39 is 0 Å². The van der Waals surface area contributed by atoms with Crippen molar-refractivity contribution >= 4 is 11.7 Å². The number of methoxy groups -OCH3 is 1. The van der Waals surface area contributed by atoms with Crippen LogP contribution in [0.1, 0.15) is 18.4 Å². The molecule has 0 N–H and O–H groups in total. The fourth-order valence-electron chi connectivity index (χ4n) is 5.15. The monoisotopic (exact) mass is 485 g/mol. The van der Waals surface area contributed by atoms with Gasteiger partial charge in [-0.1, -0.05) is 30.3 Å². The van der Waals surface area contributed by atoms with Crippen LogP contribution in [0, 0.1) is 5.92 Å². The molecule has 7 heteroatoms. The molecule has 2 aliphatic heterocycles. The van der Waals surface area contributed by atoms with Crippen molar-refractivity contribution in [1.29, 1.82) is 0 Å². The molecule has 0 radical (unpaired) electrons. The Balaban J connectivity index is 1.07. The molecule has 0 bridgehead atoms. The number of aromatic nitrogens is 2. The molecule has 0 unspecified atom stereocenters. The molecule has 3 heterocycles. The molecule has 0 spiro atoms. The molecule has 2 aliphatic rings. The van der Waals surface area contributed by atoms with Gasteiger partial charge >= 0.3 is 0 Å². The molecule has 0 aliphatic carbocycles. The van der Waals surface area contributed by atoms with Crippen LogP contribution in [-0.4, -0.2) is 78.8 Å². The van der Waals surface area contributed by atoms with Crippen LogP contribution in [0.3, 0.4) is 0 Å². The predicted octanol–water partition coefficient (Wildman–Crippen LogP) is 3.76. The Labute approximate surface area is 213 Å². The fourth-order valence-corrected chi connectivity index (χ4v) is 5.15. The summed E-state index contributed by atoms with van der Waals surface area (Å²) in [4.78, 5) is 20.0. The molecule has 2 fully saturated rings. The van der Waals surface area contributed by atoms with E-state index in [0.29, 0.717) is 5.91 Å². The molecule has 0 atom stereocenters. The number of nitrogens with zero attached hydrogens (tertiary/aromatic N) is 5. The molecule has 0 saturated carbocycles. The molecule has 5 rings (SSSR count). The van der Waals surface area contributed by atoms with Crippen molar-refractivity contribution in [2.24, 2.45) is 5.92 Å². The van der Waals surface area contributed by atoms with Gasteiger partial charge < -0.3 is 14.5 Å². The Morgan fingerprint density at radius 1 is 0.861 bits per heavy atom. The van der Waals surface area contributed by atoms with Gasteiger partial charge in [-0.25, -0.2) is 0 Å². The molecule has 7 nitrogen and oxygen atoms in total. The molecular formula is C29H35N5O2. The number of rotatable bonds is 7. The van der Waals surface area contributed by atoms with E-state index in [1.165, 1.54) is 5.56 Å². The highest BCUT2D eigenvalue weighted by Crippen LogP contribution is 2.26. The number of piperazine rings is 1. The van der Waals surface area contributed by atoms with Gasteiger partial charge in [0, 0.05) is 57.3 Å². The first kappa shape index (κ1) is 24.3. The van der Waals surface area contributed by atoms with Gasteiger partial charge in [0.15, 0.2) is 5.82 Å². The third-order valence-corrected chi connectivity index (χ3v) is 7.45. The van der Waals surface area contributed by atoms with Gasteiger partial charge in [0.05, 0.1) is 12.8 Å². The van der Waals surface area contributed by atoms with Gasteiger partial charge in [-0.3, -0.25) is 9.69 Å². The first-order valence-corrected chi connectivity index (χ1v) is 13.0. The highest BCUT2D eigenvalue weighted by molar-refractivity contribution is 5.79. The summed E-state index contributed by atoms with van der Waals surface area (Å²) in [6, 6.07) is 22.5. The van der Waals surface area contributed by atoms with Gasteiger partial charge in [0.1, 0.15) is 5.75 Å². The average molecular weight is 486 g/mol. The third kappa shape index (κ3) is 5.85. The maximum absolute atomic E-state index is 13.2. The highest BCUT2D eigenvalue weighted by atomic mass is 16.5. The smallest absolute Gasteiger partial charge is 0.225 e. The molecule has 1 aromatic heterocycles. The number of carbonyl (C=O) groups is 1. The van der Waals surface area contributed by atoms with E-state index in [2.05, 4.69) is 55.2 Å². The van der Waals surface area contributed by atoms with Crippen LogP contribution in [0.15, 0.2) is 66.7 Å². The lowest BCUT2D eigenvalue weighted by atomic mass is 9.95. The van der Waals surface area contributed by atoms with Crippen molar-refractivity contribution in [3.63, 3.8) is 0 Å². The van der Waals surface area contributed by atoms with Crippen LogP contribution < -0.4 is 9.64 Å². The molecular weight excluding hydrogens is 450 g/mol. The standard InChI is InChI=1S/C29H35N5O2/c1-36-26-9-7-24(8-10-26)27-11-12-28(31-30-27)33-17-14-25(15-18-33)29(35)34-21-19-32(20-22-34)16-13-23-5-3-2-4-6-23/h2-12,25H,13-22H2,1H3. The summed E-state index contributed by atoms with van der Waals surface area (Å²) in [5.41, 5.74) is 3.23. The second-order valence-electron chi connectivity index (χ2n) is 9.67. The Hall–Kier alpha value is -3.45. The van der Waals surface area contributed by atoms with Crippen LogP contribution in [0.5, 0.6) is 5.75 Å². The third-order valence-electron chi connectivity index (χ3n) is 7.45. The Morgan fingerprint density at radius 3 is 2.22 bits per heavy atom. The number of hydrogen-bond donors (Lipinski definition) is 0. The second kappa shape index (κ2) is 11.5. The summed E-state index contributed by atoms with van der Waals surface area (Å²) in [5, 5.41) is 8.91. The largest absolute Gasteiger partial charge is 0.497 e. The van der Waals surface area contributed by atoms with Crippen LogP contribution in [0.25, 0.3) is 11.3 Å². The zero-order valence-corrected chi connectivity index (χ0v) is 21.1. The SMILES string of the molecule is COc1ccc(-c2ccc(N3CCC(C(=O)N4CCN(CCc5ccccc5)CC4)CC3)nn2)cc1. The van der Waals surface area contributed by atoms with Crippen LogP contribution in [-0.2, 0) is 11.2 Å². The van der Waals surface area contributed by atoms with Crippen molar-refractivity contribution in [1.82, 2.24) is 20.0 Å². The summed E-state index contributed by atoms with van der Waals surface area (Å²) >= 11 is 0. The maximum atomic E-state index is 13.2. The van der Waals surface area contributed by atoms with Gasteiger partial charge in [-0.05, 0) is 61.2 Å². The minimum Gasteiger partial charge on any atom is -0.497 e. The van der Waals surface area contributed by atoms with Crippen molar-refractivity contribution in [3.8, 4) is 17.0 Å². The lowest BCUT2D eigenvalue weighted by Crippen LogP contribution is -2.52. The highest BCUT2D eigenvalue weighted by Gasteiger charge is 2.30. The number of ether oxygens (including phenoxy) is 1. The summed E-state index contributed by atoms with van der Waals surface area (Å²) in [6.07, 6.45) is 2.81. The zero-order chi connectivity index (χ0) is 24.7. The lowest BCUT2D eigenvalue weighted by molar-refractivity contribution is -0.138. The first-order valence-electron chi connectivity index (χ1n) is 13.0. The molecule has 1 amide bonds. The van der Waals surface area contributed by atoms with Crippen LogP contribution in [0.2, 0.25) is 0 Å². The number of anilines is 1. The number of piperidine rings is 1. The minimum atomic E-state index is 0.114. The van der Waals surface area contributed by atoms with Crippen LogP contribution >= 0.6 is 0 Å². The van der Waals surface area contributed by atoms with E-state index in [0.717, 1.165) is 87.9 Å². The van der Waals surface area contributed by atoms with Gasteiger partial charge in [0.25, 0.3) is 0 Å². The quantitative estimate of drug-likeness (QED) is 0.508. The number of carbonyl (C=O) groups excluding carboxylic acids is 1. The second-order valence-corrected chi connectivity index (χ2v) is 9.67. The normalized spacial score (nSPS) is 17.2.